The van der Waals surface area contributed by atoms with Crippen LogP contribution in [0.4, 0.5) is 0 Å². The van der Waals surface area contributed by atoms with Crippen LogP contribution >= 0.6 is 0 Å². The average molecular weight is 251 g/mol. The first-order valence-electron chi connectivity index (χ1n) is 6.46. The number of hydrogen-bond acceptors (Lipinski definition) is 2. The topological polar surface area (TPSA) is 30.2 Å². The molecule has 0 aliphatic rings. The lowest BCUT2D eigenvalue weighted by Crippen LogP contribution is -1.99. The zero-order valence-corrected chi connectivity index (χ0v) is 11.7. The number of benzene rings is 1. The summed E-state index contributed by atoms with van der Waals surface area (Å²) >= 11 is 0. The number of fused-ring (bicyclic) bond motifs is 1. The summed E-state index contributed by atoms with van der Waals surface area (Å²) in [4.78, 5) is 4.79. The Bertz CT molecular complexity index is 749. The lowest BCUT2D eigenvalue weighted by Gasteiger charge is -2.11. The molecule has 2 aromatic heterocycles. The van der Waals surface area contributed by atoms with Crippen LogP contribution in [0.3, 0.4) is 0 Å². The van der Waals surface area contributed by atoms with Gasteiger partial charge in [-0.1, -0.05) is 18.2 Å². The molecule has 1 aromatic carbocycles. The summed E-state index contributed by atoms with van der Waals surface area (Å²) in [6.07, 6.45) is 1.86. The van der Waals surface area contributed by atoms with Gasteiger partial charge in [-0.3, -0.25) is 0 Å². The van der Waals surface area contributed by atoms with Crippen molar-refractivity contribution in [2.75, 3.05) is 0 Å². The van der Waals surface area contributed by atoms with Crippen LogP contribution in [-0.2, 0) is 0 Å². The molecule has 96 valence electrons. The van der Waals surface area contributed by atoms with Crippen molar-refractivity contribution in [3.63, 3.8) is 0 Å². The molecule has 3 aromatic rings. The van der Waals surface area contributed by atoms with E-state index in [1.54, 1.807) is 0 Å². The number of nitrogens with zero attached hydrogens (tertiary/aromatic N) is 3. The molecule has 0 N–H and O–H groups in total. The molecule has 0 aliphatic carbocycles. The Morgan fingerprint density at radius 2 is 1.63 bits per heavy atom. The fraction of sp³-hybridized carbons (Fsp3) is 0.250. The molecule has 0 atom stereocenters. The predicted octanol–water partition coefficient (Wildman–Crippen LogP) is 3.63. The van der Waals surface area contributed by atoms with Crippen LogP contribution in [-0.4, -0.2) is 14.6 Å². The largest absolute Gasteiger partial charge is 0.228 e. The molecule has 0 spiro atoms. The molecule has 3 nitrogen and oxygen atoms in total. The Kier molecular flexibility index (Phi) is 2.63. The lowest BCUT2D eigenvalue weighted by molar-refractivity contribution is 0.896. The van der Waals surface area contributed by atoms with Crippen molar-refractivity contribution in [2.45, 2.75) is 27.7 Å². The Morgan fingerprint density at radius 1 is 0.947 bits per heavy atom. The van der Waals surface area contributed by atoms with Crippen molar-refractivity contribution in [2.24, 2.45) is 0 Å². The van der Waals surface area contributed by atoms with Crippen molar-refractivity contribution in [3.05, 3.63) is 52.8 Å². The monoisotopic (exact) mass is 251 g/mol. The minimum atomic E-state index is 0.942. The highest BCUT2D eigenvalue weighted by Gasteiger charge is 2.11. The highest BCUT2D eigenvalue weighted by Crippen LogP contribution is 2.27. The molecule has 19 heavy (non-hydrogen) atoms. The van der Waals surface area contributed by atoms with Crippen molar-refractivity contribution in [1.82, 2.24) is 14.6 Å². The SMILES string of the molecule is Cc1cccc(C)c1-c1cc(C)n2ncc(C)c2n1. The maximum atomic E-state index is 4.79. The predicted molar refractivity (Wildman–Crippen MR) is 77.4 cm³/mol. The van der Waals surface area contributed by atoms with E-state index in [4.69, 9.17) is 4.98 Å². The Balaban J connectivity index is 2.34. The molecule has 0 unspecified atom stereocenters. The normalized spacial score (nSPS) is 11.2. The van der Waals surface area contributed by atoms with Gasteiger partial charge in [-0.05, 0) is 44.9 Å². The molecule has 0 saturated heterocycles. The van der Waals surface area contributed by atoms with E-state index in [0.717, 1.165) is 22.6 Å². The van der Waals surface area contributed by atoms with Gasteiger partial charge in [-0.15, -0.1) is 0 Å². The van der Waals surface area contributed by atoms with Gasteiger partial charge in [0.2, 0.25) is 0 Å². The van der Waals surface area contributed by atoms with E-state index in [0.29, 0.717) is 0 Å². The highest BCUT2D eigenvalue weighted by molar-refractivity contribution is 5.69. The molecule has 0 fully saturated rings. The smallest absolute Gasteiger partial charge is 0.158 e. The summed E-state index contributed by atoms with van der Waals surface area (Å²) in [6, 6.07) is 8.46. The maximum Gasteiger partial charge on any atom is 0.158 e. The standard InChI is InChI=1S/C16H17N3/c1-10-6-5-7-11(2)15(10)14-8-13(4)19-16(18-14)12(3)9-17-19/h5-9H,1-4H3. The molecule has 0 saturated carbocycles. The van der Waals surface area contributed by atoms with Gasteiger partial charge in [-0.2, -0.15) is 5.10 Å². The van der Waals surface area contributed by atoms with E-state index in [1.807, 2.05) is 17.6 Å². The summed E-state index contributed by atoms with van der Waals surface area (Å²) in [7, 11) is 0. The van der Waals surface area contributed by atoms with Crippen LogP contribution in [0.2, 0.25) is 0 Å². The van der Waals surface area contributed by atoms with Gasteiger partial charge in [0.05, 0.1) is 11.9 Å². The second-order valence-electron chi connectivity index (χ2n) is 5.11. The van der Waals surface area contributed by atoms with Gasteiger partial charge in [0.25, 0.3) is 0 Å². The molecular formula is C16H17N3. The second-order valence-corrected chi connectivity index (χ2v) is 5.11. The first-order chi connectivity index (χ1) is 9.08. The van der Waals surface area contributed by atoms with Gasteiger partial charge >= 0.3 is 0 Å². The highest BCUT2D eigenvalue weighted by atomic mass is 15.2. The van der Waals surface area contributed by atoms with Crippen LogP contribution in [0.15, 0.2) is 30.5 Å². The number of aryl methyl sites for hydroxylation is 4. The lowest BCUT2D eigenvalue weighted by atomic mass is 9.99. The molecular weight excluding hydrogens is 234 g/mol. The van der Waals surface area contributed by atoms with Gasteiger partial charge in [-0.25, -0.2) is 9.50 Å². The van der Waals surface area contributed by atoms with Crippen LogP contribution in [0.5, 0.6) is 0 Å². The zero-order chi connectivity index (χ0) is 13.6. The summed E-state index contributed by atoms with van der Waals surface area (Å²) < 4.78 is 1.90. The van der Waals surface area contributed by atoms with Crippen LogP contribution < -0.4 is 0 Å². The average Bonchev–Trinajstić information content (AvgIpc) is 2.72. The first kappa shape index (κ1) is 11.9. The molecule has 3 heteroatoms. The molecule has 2 heterocycles. The summed E-state index contributed by atoms with van der Waals surface area (Å²) in [6.45, 7) is 8.38. The zero-order valence-electron chi connectivity index (χ0n) is 11.7. The molecule has 0 amide bonds. The van der Waals surface area contributed by atoms with Gasteiger partial charge in [0.15, 0.2) is 5.65 Å². The van der Waals surface area contributed by atoms with E-state index in [-0.39, 0.29) is 0 Å². The second kappa shape index (κ2) is 4.19. The Labute approximate surface area is 112 Å². The van der Waals surface area contributed by atoms with Gasteiger partial charge < -0.3 is 0 Å². The number of hydrogen-bond donors (Lipinski definition) is 0. The van der Waals surface area contributed by atoms with Crippen LogP contribution in [0.1, 0.15) is 22.4 Å². The third kappa shape index (κ3) is 1.82. The van der Waals surface area contributed by atoms with Crippen molar-refractivity contribution in [1.29, 1.82) is 0 Å². The minimum absolute atomic E-state index is 0.942. The summed E-state index contributed by atoms with van der Waals surface area (Å²) in [5.74, 6) is 0. The molecule has 3 rings (SSSR count). The van der Waals surface area contributed by atoms with E-state index in [9.17, 15) is 0 Å². The van der Waals surface area contributed by atoms with Crippen LogP contribution in [0.25, 0.3) is 16.9 Å². The van der Waals surface area contributed by atoms with E-state index in [1.165, 1.54) is 16.7 Å². The minimum Gasteiger partial charge on any atom is -0.228 e. The van der Waals surface area contributed by atoms with Crippen molar-refractivity contribution < 1.29 is 0 Å². The maximum absolute atomic E-state index is 4.79. The van der Waals surface area contributed by atoms with Crippen molar-refractivity contribution >= 4 is 5.65 Å². The quantitative estimate of drug-likeness (QED) is 0.661. The summed E-state index contributed by atoms with van der Waals surface area (Å²) in [5.41, 5.74) is 7.93. The Morgan fingerprint density at radius 3 is 2.32 bits per heavy atom. The fourth-order valence-electron chi connectivity index (χ4n) is 2.57. The van der Waals surface area contributed by atoms with Gasteiger partial charge in [0, 0.05) is 16.8 Å². The van der Waals surface area contributed by atoms with Crippen LogP contribution in [0, 0.1) is 27.7 Å². The van der Waals surface area contributed by atoms with E-state index in [2.05, 4.69) is 50.1 Å². The summed E-state index contributed by atoms with van der Waals surface area (Å²) in [5, 5.41) is 4.35. The third-order valence-electron chi connectivity index (χ3n) is 3.56. The van der Waals surface area contributed by atoms with E-state index >= 15 is 0 Å². The number of aromatic nitrogens is 3. The molecule has 0 bridgehead atoms. The molecule has 0 radical (unpaired) electrons. The Hall–Kier alpha value is -2.16. The van der Waals surface area contributed by atoms with Gasteiger partial charge in [0.1, 0.15) is 0 Å². The van der Waals surface area contributed by atoms with Crippen molar-refractivity contribution in [3.8, 4) is 11.3 Å². The third-order valence-corrected chi connectivity index (χ3v) is 3.56. The first-order valence-corrected chi connectivity index (χ1v) is 6.46. The van der Waals surface area contributed by atoms with E-state index < -0.39 is 0 Å². The number of rotatable bonds is 1. The fourth-order valence-corrected chi connectivity index (χ4v) is 2.57. The molecule has 0 aliphatic heterocycles.